The van der Waals surface area contributed by atoms with E-state index in [1.165, 1.54) is 10.8 Å². The number of ether oxygens (including phenoxy) is 1. The lowest BCUT2D eigenvalue weighted by Gasteiger charge is -1.99. The molecule has 0 amide bonds. The Hall–Kier alpha value is -1.43. The minimum absolute atomic E-state index is 0.146. The third-order valence-electron chi connectivity index (χ3n) is 1.39. The molecular formula is C6H9N3O3. The quantitative estimate of drug-likeness (QED) is 0.486. The van der Waals surface area contributed by atoms with Crippen molar-refractivity contribution in [1.29, 1.82) is 0 Å². The zero-order valence-electron chi connectivity index (χ0n) is 6.64. The summed E-state index contributed by atoms with van der Waals surface area (Å²) in [7, 11) is 1.54. The van der Waals surface area contributed by atoms with Crippen LogP contribution in [0, 0.1) is 10.1 Å². The molecule has 1 heterocycles. The molecule has 12 heavy (non-hydrogen) atoms. The Bertz CT molecular complexity index is 271. The summed E-state index contributed by atoms with van der Waals surface area (Å²) < 4.78 is 6.21. The molecule has 6 heteroatoms. The van der Waals surface area contributed by atoms with Crippen molar-refractivity contribution < 1.29 is 9.66 Å². The van der Waals surface area contributed by atoms with Crippen molar-refractivity contribution in [3.8, 4) is 0 Å². The fraction of sp³-hybridized carbons (Fsp3) is 0.500. The Labute approximate surface area is 68.9 Å². The molecule has 0 aliphatic carbocycles. The second kappa shape index (κ2) is 3.82. The number of rotatable bonds is 4. The topological polar surface area (TPSA) is 70.2 Å². The van der Waals surface area contributed by atoms with E-state index in [2.05, 4.69) is 4.98 Å². The summed E-state index contributed by atoms with van der Waals surface area (Å²) in [5.41, 5.74) is 0. The van der Waals surface area contributed by atoms with Crippen molar-refractivity contribution in [3.05, 3.63) is 22.5 Å². The summed E-state index contributed by atoms with van der Waals surface area (Å²) in [5, 5.41) is 10.3. The fourth-order valence-electron chi connectivity index (χ4n) is 0.837. The minimum Gasteiger partial charge on any atom is -0.390 e. The molecule has 6 nitrogen and oxygen atoms in total. The summed E-state index contributed by atoms with van der Waals surface area (Å²) in [4.78, 5) is 13.4. The molecule has 0 bridgehead atoms. The first kappa shape index (κ1) is 8.66. The summed E-state index contributed by atoms with van der Waals surface area (Å²) in [6.07, 6.45) is 2.95. The van der Waals surface area contributed by atoms with Crippen LogP contribution >= 0.6 is 0 Å². The number of methoxy groups -OCH3 is 1. The predicted molar refractivity (Wildman–Crippen MR) is 40.8 cm³/mol. The minimum atomic E-state index is -0.518. The molecule has 0 fully saturated rings. The van der Waals surface area contributed by atoms with E-state index in [9.17, 15) is 10.1 Å². The van der Waals surface area contributed by atoms with E-state index in [-0.39, 0.29) is 5.95 Å². The Balaban J connectivity index is 2.70. The van der Waals surface area contributed by atoms with Crippen LogP contribution in [0.5, 0.6) is 0 Å². The Morgan fingerprint density at radius 1 is 1.83 bits per heavy atom. The molecule has 0 atom stereocenters. The molecule has 0 N–H and O–H groups in total. The van der Waals surface area contributed by atoms with E-state index in [0.29, 0.717) is 13.2 Å². The normalized spacial score (nSPS) is 10.1. The molecule has 0 radical (unpaired) electrons. The van der Waals surface area contributed by atoms with Gasteiger partial charge in [0.15, 0.2) is 0 Å². The molecule has 1 aromatic rings. The number of hydrogen-bond donors (Lipinski definition) is 0. The van der Waals surface area contributed by atoms with Crippen LogP contribution in [-0.4, -0.2) is 28.2 Å². The van der Waals surface area contributed by atoms with Crippen LogP contribution in [0.1, 0.15) is 0 Å². The lowest BCUT2D eigenvalue weighted by atomic mass is 10.6. The van der Waals surface area contributed by atoms with E-state index in [1.54, 1.807) is 13.3 Å². The predicted octanol–water partition coefficient (Wildman–Crippen LogP) is 0.438. The van der Waals surface area contributed by atoms with Crippen LogP contribution in [0.15, 0.2) is 12.4 Å². The van der Waals surface area contributed by atoms with Gasteiger partial charge in [0.25, 0.3) is 0 Å². The maximum atomic E-state index is 10.3. The molecule has 0 spiro atoms. The first-order chi connectivity index (χ1) is 5.75. The van der Waals surface area contributed by atoms with Crippen LogP contribution in [-0.2, 0) is 11.3 Å². The summed E-state index contributed by atoms with van der Waals surface area (Å²) in [6, 6.07) is 0. The van der Waals surface area contributed by atoms with Crippen LogP contribution in [0.4, 0.5) is 5.95 Å². The highest BCUT2D eigenvalue weighted by molar-refractivity contribution is 5.06. The molecule has 0 saturated heterocycles. The summed E-state index contributed by atoms with van der Waals surface area (Å²) in [6.45, 7) is 0.893. The molecule has 1 aromatic heterocycles. The van der Waals surface area contributed by atoms with E-state index >= 15 is 0 Å². The van der Waals surface area contributed by atoms with Crippen molar-refractivity contribution in [1.82, 2.24) is 9.55 Å². The van der Waals surface area contributed by atoms with Gasteiger partial charge in [-0.3, -0.25) is 0 Å². The van der Waals surface area contributed by atoms with Gasteiger partial charge < -0.3 is 14.9 Å². The molecular weight excluding hydrogens is 162 g/mol. The van der Waals surface area contributed by atoms with Crippen LogP contribution in [0.2, 0.25) is 0 Å². The lowest BCUT2D eigenvalue weighted by molar-refractivity contribution is -0.396. The summed E-state index contributed by atoms with van der Waals surface area (Å²) in [5.74, 6) is -0.146. The van der Waals surface area contributed by atoms with Gasteiger partial charge in [0, 0.05) is 7.11 Å². The second-order valence-corrected chi connectivity index (χ2v) is 2.17. The maximum absolute atomic E-state index is 10.3. The van der Waals surface area contributed by atoms with E-state index < -0.39 is 4.92 Å². The third-order valence-corrected chi connectivity index (χ3v) is 1.39. The molecule has 0 saturated carbocycles. The van der Waals surface area contributed by atoms with Gasteiger partial charge in [-0.15, -0.1) is 0 Å². The van der Waals surface area contributed by atoms with Crippen LogP contribution < -0.4 is 0 Å². The van der Waals surface area contributed by atoms with E-state index in [4.69, 9.17) is 4.74 Å². The SMILES string of the molecule is COCCn1ccnc1[N+](=O)[O-]. The Morgan fingerprint density at radius 2 is 2.58 bits per heavy atom. The molecule has 0 aliphatic rings. The first-order valence-electron chi connectivity index (χ1n) is 3.40. The van der Waals surface area contributed by atoms with E-state index in [1.807, 2.05) is 0 Å². The second-order valence-electron chi connectivity index (χ2n) is 2.17. The highest BCUT2D eigenvalue weighted by Crippen LogP contribution is 2.06. The van der Waals surface area contributed by atoms with Crippen LogP contribution in [0.25, 0.3) is 0 Å². The Kier molecular flexibility index (Phi) is 2.76. The monoisotopic (exact) mass is 171 g/mol. The van der Waals surface area contributed by atoms with Crippen LogP contribution in [0.3, 0.4) is 0 Å². The van der Waals surface area contributed by atoms with Gasteiger partial charge >= 0.3 is 5.95 Å². The Morgan fingerprint density at radius 3 is 3.17 bits per heavy atom. The lowest BCUT2D eigenvalue weighted by Crippen LogP contribution is -2.06. The van der Waals surface area contributed by atoms with Gasteiger partial charge in [-0.05, 0) is 4.92 Å². The van der Waals surface area contributed by atoms with Gasteiger partial charge in [-0.1, -0.05) is 4.98 Å². The molecule has 0 aromatic carbocycles. The third kappa shape index (κ3) is 1.79. The van der Waals surface area contributed by atoms with Gasteiger partial charge in [0.2, 0.25) is 0 Å². The average molecular weight is 171 g/mol. The van der Waals surface area contributed by atoms with Crippen molar-refractivity contribution in [2.75, 3.05) is 13.7 Å². The molecule has 1 rings (SSSR count). The molecule has 66 valence electrons. The van der Waals surface area contributed by atoms with Crippen molar-refractivity contribution >= 4 is 5.95 Å². The fourth-order valence-corrected chi connectivity index (χ4v) is 0.837. The van der Waals surface area contributed by atoms with Gasteiger partial charge in [0.1, 0.15) is 12.4 Å². The number of imidazole rings is 1. The van der Waals surface area contributed by atoms with Gasteiger partial charge in [0.05, 0.1) is 13.2 Å². The highest BCUT2D eigenvalue weighted by Gasteiger charge is 2.12. The van der Waals surface area contributed by atoms with Crippen molar-refractivity contribution in [3.63, 3.8) is 0 Å². The zero-order valence-corrected chi connectivity index (χ0v) is 6.64. The first-order valence-corrected chi connectivity index (χ1v) is 3.40. The maximum Gasteiger partial charge on any atom is 0.434 e. The van der Waals surface area contributed by atoms with E-state index in [0.717, 1.165) is 0 Å². The number of aromatic nitrogens is 2. The highest BCUT2D eigenvalue weighted by atomic mass is 16.6. The molecule has 0 unspecified atom stereocenters. The largest absolute Gasteiger partial charge is 0.434 e. The zero-order chi connectivity index (χ0) is 8.97. The van der Waals surface area contributed by atoms with Crippen molar-refractivity contribution in [2.45, 2.75) is 6.54 Å². The standard InChI is InChI=1S/C6H9N3O3/c1-12-5-4-8-3-2-7-6(8)9(10)11/h2-3H,4-5H2,1H3. The van der Waals surface area contributed by atoms with Crippen molar-refractivity contribution in [2.24, 2.45) is 0 Å². The number of nitrogens with zero attached hydrogens (tertiary/aromatic N) is 3. The smallest absolute Gasteiger partial charge is 0.390 e. The number of nitro groups is 1. The van der Waals surface area contributed by atoms with Gasteiger partial charge in [-0.2, -0.15) is 0 Å². The summed E-state index contributed by atoms with van der Waals surface area (Å²) >= 11 is 0. The molecule has 0 aliphatic heterocycles. The number of hydrogen-bond acceptors (Lipinski definition) is 4. The van der Waals surface area contributed by atoms with Gasteiger partial charge in [-0.25, -0.2) is 4.57 Å². The average Bonchev–Trinajstić information content (AvgIpc) is 2.48.